The molecular formula is C14H23NO2S2. The molecule has 0 aromatic heterocycles. The van der Waals surface area contributed by atoms with E-state index >= 15 is 0 Å². The predicted molar refractivity (Wildman–Crippen MR) is 86.0 cm³/mol. The van der Waals surface area contributed by atoms with Gasteiger partial charge in [0, 0.05) is 23.2 Å². The van der Waals surface area contributed by atoms with Crippen LogP contribution in [0, 0.1) is 0 Å². The van der Waals surface area contributed by atoms with Gasteiger partial charge in [0.25, 0.3) is 0 Å². The van der Waals surface area contributed by atoms with Crippen LogP contribution in [0.1, 0.15) is 12.5 Å². The molecule has 3 nitrogen and oxygen atoms in total. The highest BCUT2D eigenvalue weighted by molar-refractivity contribution is 7.99. The van der Waals surface area contributed by atoms with Crippen LogP contribution in [-0.4, -0.2) is 38.5 Å². The zero-order valence-corrected chi connectivity index (χ0v) is 13.9. The Kier molecular flexibility index (Phi) is 7.49. The van der Waals surface area contributed by atoms with E-state index in [1.807, 2.05) is 17.8 Å². The molecule has 1 rings (SSSR count). The summed E-state index contributed by atoms with van der Waals surface area (Å²) in [6, 6.07) is 4.10. The Morgan fingerprint density at radius 1 is 1.16 bits per heavy atom. The Balaban J connectivity index is 2.80. The zero-order valence-electron chi connectivity index (χ0n) is 12.3. The van der Waals surface area contributed by atoms with Crippen molar-refractivity contribution in [2.24, 2.45) is 0 Å². The number of thioether (sulfide) groups is 2. The van der Waals surface area contributed by atoms with Gasteiger partial charge in [-0.2, -0.15) is 11.8 Å². The Hall–Kier alpha value is -0.520. The smallest absolute Gasteiger partial charge is 0.161 e. The van der Waals surface area contributed by atoms with Crippen molar-refractivity contribution < 1.29 is 9.47 Å². The van der Waals surface area contributed by atoms with E-state index in [1.165, 1.54) is 10.5 Å². The van der Waals surface area contributed by atoms with E-state index in [0.29, 0.717) is 5.25 Å². The van der Waals surface area contributed by atoms with Gasteiger partial charge in [-0.3, -0.25) is 0 Å². The molecule has 1 aromatic rings. The van der Waals surface area contributed by atoms with E-state index in [0.717, 1.165) is 24.6 Å². The van der Waals surface area contributed by atoms with Crippen molar-refractivity contribution in [3.05, 3.63) is 17.7 Å². The van der Waals surface area contributed by atoms with Crippen molar-refractivity contribution in [3.8, 4) is 11.5 Å². The summed E-state index contributed by atoms with van der Waals surface area (Å²) in [5.41, 5.74) is 1.25. The van der Waals surface area contributed by atoms with Crippen LogP contribution in [0.15, 0.2) is 17.0 Å². The van der Waals surface area contributed by atoms with Gasteiger partial charge < -0.3 is 14.8 Å². The summed E-state index contributed by atoms with van der Waals surface area (Å²) in [7, 11) is 3.34. The number of hydrogen-bond donors (Lipinski definition) is 1. The lowest BCUT2D eigenvalue weighted by molar-refractivity contribution is 0.353. The maximum Gasteiger partial charge on any atom is 0.161 e. The van der Waals surface area contributed by atoms with Gasteiger partial charge >= 0.3 is 0 Å². The quantitative estimate of drug-likeness (QED) is 0.745. The first-order valence-electron chi connectivity index (χ1n) is 6.18. The lowest BCUT2D eigenvalue weighted by atomic mass is 10.2. The molecule has 0 amide bonds. The molecule has 0 aliphatic rings. The normalized spacial score (nSPS) is 12.3. The van der Waals surface area contributed by atoms with Gasteiger partial charge in [0.15, 0.2) is 11.5 Å². The van der Waals surface area contributed by atoms with Gasteiger partial charge in [-0.1, -0.05) is 6.92 Å². The third kappa shape index (κ3) is 4.82. The van der Waals surface area contributed by atoms with Crippen molar-refractivity contribution in [1.29, 1.82) is 0 Å². The minimum Gasteiger partial charge on any atom is -0.493 e. The second-order valence-corrected chi connectivity index (χ2v) is 6.32. The molecule has 0 bridgehead atoms. The molecule has 0 aliphatic heterocycles. The van der Waals surface area contributed by atoms with E-state index in [-0.39, 0.29) is 0 Å². The van der Waals surface area contributed by atoms with Crippen LogP contribution >= 0.6 is 23.5 Å². The molecule has 0 saturated carbocycles. The molecule has 0 spiro atoms. The highest BCUT2D eigenvalue weighted by Crippen LogP contribution is 2.34. The molecule has 1 aromatic carbocycles. The van der Waals surface area contributed by atoms with Crippen molar-refractivity contribution in [2.75, 3.05) is 33.3 Å². The predicted octanol–water partition coefficient (Wildman–Crippen LogP) is 3.27. The largest absolute Gasteiger partial charge is 0.493 e. The van der Waals surface area contributed by atoms with Crippen molar-refractivity contribution >= 4 is 23.5 Å². The van der Waals surface area contributed by atoms with Crippen LogP contribution in [-0.2, 0) is 6.54 Å². The van der Waals surface area contributed by atoms with Gasteiger partial charge in [-0.05, 0) is 30.2 Å². The summed E-state index contributed by atoms with van der Waals surface area (Å²) in [6.07, 6.45) is 4.21. The molecule has 0 fully saturated rings. The fourth-order valence-electron chi connectivity index (χ4n) is 1.72. The maximum atomic E-state index is 5.36. The topological polar surface area (TPSA) is 30.5 Å². The van der Waals surface area contributed by atoms with Crippen LogP contribution in [0.25, 0.3) is 0 Å². The van der Waals surface area contributed by atoms with Gasteiger partial charge in [0.1, 0.15) is 0 Å². The van der Waals surface area contributed by atoms with Crippen molar-refractivity contribution in [1.82, 2.24) is 5.32 Å². The van der Waals surface area contributed by atoms with Gasteiger partial charge in [-0.25, -0.2) is 0 Å². The highest BCUT2D eigenvalue weighted by Gasteiger charge is 2.10. The minimum atomic E-state index is 0.623. The van der Waals surface area contributed by atoms with Crippen LogP contribution < -0.4 is 14.8 Å². The van der Waals surface area contributed by atoms with E-state index in [9.17, 15) is 0 Å². The first-order chi connectivity index (χ1) is 9.15. The van der Waals surface area contributed by atoms with Crippen molar-refractivity contribution in [3.63, 3.8) is 0 Å². The molecule has 0 saturated heterocycles. The molecule has 5 heteroatoms. The average molecular weight is 301 g/mol. The SMILES string of the molecule is COc1cc(CNCC(C)SC)c(SC)cc1OC. The standard InChI is InChI=1S/C14H23NO2S2/c1-10(18-4)8-15-9-11-6-12(16-2)13(17-3)7-14(11)19-5/h6-7,10,15H,8-9H2,1-5H3. The van der Waals surface area contributed by atoms with Crippen LogP contribution in [0.5, 0.6) is 11.5 Å². The zero-order chi connectivity index (χ0) is 14.3. The molecule has 0 aliphatic carbocycles. The van der Waals surface area contributed by atoms with Gasteiger partial charge in [-0.15, -0.1) is 11.8 Å². The Morgan fingerprint density at radius 3 is 2.32 bits per heavy atom. The lowest BCUT2D eigenvalue weighted by Gasteiger charge is -2.15. The van der Waals surface area contributed by atoms with Crippen molar-refractivity contribution in [2.45, 2.75) is 23.6 Å². The second kappa shape index (κ2) is 8.61. The van der Waals surface area contributed by atoms with Gasteiger partial charge in [0.05, 0.1) is 14.2 Å². The number of rotatable bonds is 8. The molecule has 1 unspecified atom stereocenters. The first-order valence-corrected chi connectivity index (χ1v) is 8.69. The Morgan fingerprint density at radius 2 is 1.79 bits per heavy atom. The summed E-state index contributed by atoms with van der Waals surface area (Å²) < 4.78 is 10.7. The highest BCUT2D eigenvalue weighted by atomic mass is 32.2. The number of hydrogen-bond acceptors (Lipinski definition) is 5. The Labute approximate surface area is 124 Å². The summed E-state index contributed by atoms with van der Waals surface area (Å²) in [5.74, 6) is 1.57. The Bertz CT molecular complexity index is 399. The maximum absolute atomic E-state index is 5.36. The molecule has 1 N–H and O–H groups in total. The number of nitrogens with one attached hydrogen (secondary N) is 1. The monoisotopic (exact) mass is 301 g/mol. The average Bonchev–Trinajstić information content (AvgIpc) is 2.46. The number of ether oxygens (including phenoxy) is 2. The second-order valence-electron chi connectivity index (χ2n) is 4.20. The van der Waals surface area contributed by atoms with E-state index in [4.69, 9.17) is 9.47 Å². The van der Waals surface area contributed by atoms with E-state index in [1.54, 1.807) is 26.0 Å². The molecule has 0 radical (unpaired) electrons. The molecule has 0 heterocycles. The molecular weight excluding hydrogens is 278 g/mol. The van der Waals surface area contributed by atoms with E-state index < -0.39 is 0 Å². The van der Waals surface area contributed by atoms with Crippen LogP contribution in [0.2, 0.25) is 0 Å². The molecule has 108 valence electrons. The summed E-state index contributed by atoms with van der Waals surface area (Å²) in [6.45, 7) is 4.08. The van der Waals surface area contributed by atoms with E-state index in [2.05, 4.69) is 30.8 Å². The summed E-state index contributed by atoms with van der Waals surface area (Å²) in [5, 5.41) is 4.11. The fraction of sp³-hybridized carbons (Fsp3) is 0.571. The van der Waals surface area contributed by atoms with Crippen LogP contribution in [0.4, 0.5) is 0 Å². The molecule has 19 heavy (non-hydrogen) atoms. The third-order valence-corrected chi connectivity index (χ3v) is 4.73. The summed E-state index contributed by atoms with van der Waals surface area (Å²) in [4.78, 5) is 1.22. The molecule has 1 atom stereocenters. The number of methoxy groups -OCH3 is 2. The first kappa shape index (κ1) is 16.5. The lowest BCUT2D eigenvalue weighted by Crippen LogP contribution is -2.22. The number of benzene rings is 1. The summed E-state index contributed by atoms with van der Waals surface area (Å²) >= 11 is 3.60. The fourth-order valence-corrected chi connectivity index (χ4v) is 2.63. The third-order valence-electron chi connectivity index (χ3n) is 2.94. The van der Waals surface area contributed by atoms with Gasteiger partial charge in [0.2, 0.25) is 0 Å². The van der Waals surface area contributed by atoms with Crippen LogP contribution in [0.3, 0.4) is 0 Å². The minimum absolute atomic E-state index is 0.623.